The maximum absolute atomic E-state index is 12.0. The SMILES string of the molecule is Cc1ccc(-c2ccc(C(=O)CC(C)C(=O)O)cc2)cc1. The van der Waals surface area contributed by atoms with Crippen molar-refractivity contribution in [3.05, 3.63) is 59.7 Å². The van der Waals surface area contributed by atoms with Crippen molar-refractivity contribution < 1.29 is 14.7 Å². The van der Waals surface area contributed by atoms with Crippen LogP contribution in [-0.2, 0) is 4.79 Å². The average molecular weight is 282 g/mol. The molecule has 0 bridgehead atoms. The third-order valence-electron chi connectivity index (χ3n) is 3.50. The molecule has 0 radical (unpaired) electrons. The lowest BCUT2D eigenvalue weighted by Gasteiger charge is -2.07. The van der Waals surface area contributed by atoms with Gasteiger partial charge in [0.1, 0.15) is 0 Å². The van der Waals surface area contributed by atoms with Gasteiger partial charge in [-0.25, -0.2) is 0 Å². The van der Waals surface area contributed by atoms with Crippen molar-refractivity contribution in [3.8, 4) is 11.1 Å². The van der Waals surface area contributed by atoms with Crippen LogP contribution >= 0.6 is 0 Å². The number of Topliss-reactive ketones (excluding diaryl/α,β-unsaturated/α-hetero) is 1. The molecule has 2 aromatic carbocycles. The Balaban J connectivity index is 2.13. The summed E-state index contributed by atoms with van der Waals surface area (Å²) in [6.45, 7) is 3.58. The van der Waals surface area contributed by atoms with E-state index < -0.39 is 11.9 Å². The van der Waals surface area contributed by atoms with Crippen molar-refractivity contribution in [2.24, 2.45) is 5.92 Å². The van der Waals surface area contributed by atoms with Crippen LogP contribution in [0.4, 0.5) is 0 Å². The molecule has 2 rings (SSSR count). The van der Waals surface area contributed by atoms with E-state index >= 15 is 0 Å². The van der Waals surface area contributed by atoms with E-state index in [1.165, 1.54) is 5.56 Å². The highest BCUT2D eigenvalue weighted by atomic mass is 16.4. The van der Waals surface area contributed by atoms with Crippen LogP contribution in [0.1, 0.15) is 29.3 Å². The van der Waals surface area contributed by atoms with Crippen molar-refractivity contribution in [3.63, 3.8) is 0 Å². The number of carbonyl (C=O) groups excluding carboxylic acids is 1. The molecule has 3 nitrogen and oxygen atoms in total. The van der Waals surface area contributed by atoms with Crippen LogP contribution in [0.15, 0.2) is 48.5 Å². The summed E-state index contributed by atoms with van der Waals surface area (Å²) in [7, 11) is 0. The Morgan fingerprint density at radius 3 is 1.90 bits per heavy atom. The Hall–Kier alpha value is -2.42. The minimum atomic E-state index is -0.945. The topological polar surface area (TPSA) is 54.4 Å². The van der Waals surface area contributed by atoms with Gasteiger partial charge in [0.25, 0.3) is 0 Å². The summed E-state index contributed by atoms with van der Waals surface area (Å²) >= 11 is 0. The van der Waals surface area contributed by atoms with Gasteiger partial charge in [0.15, 0.2) is 5.78 Å². The Kier molecular flexibility index (Phi) is 4.53. The van der Waals surface area contributed by atoms with Gasteiger partial charge in [0.2, 0.25) is 0 Å². The molecule has 0 fully saturated rings. The van der Waals surface area contributed by atoms with E-state index in [2.05, 4.69) is 0 Å². The maximum atomic E-state index is 12.0. The van der Waals surface area contributed by atoms with E-state index in [1.54, 1.807) is 19.1 Å². The second-order valence-electron chi connectivity index (χ2n) is 5.31. The zero-order valence-corrected chi connectivity index (χ0v) is 12.2. The van der Waals surface area contributed by atoms with E-state index in [1.807, 2.05) is 43.3 Å². The lowest BCUT2D eigenvalue weighted by molar-refractivity contribution is -0.141. The first-order chi connectivity index (χ1) is 9.97. The summed E-state index contributed by atoms with van der Waals surface area (Å²) in [5.74, 6) is -1.74. The normalized spacial score (nSPS) is 11.9. The number of aryl methyl sites for hydroxylation is 1. The van der Waals surface area contributed by atoms with Crippen LogP contribution in [0.3, 0.4) is 0 Å². The first-order valence-corrected chi connectivity index (χ1v) is 6.90. The van der Waals surface area contributed by atoms with Gasteiger partial charge >= 0.3 is 5.97 Å². The highest BCUT2D eigenvalue weighted by Crippen LogP contribution is 2.21. The van der Waals surface area contributed by atoms with Gasteiger partial charge in [-0.1, -0.05) is 61.0 Å². The average Bonchev–Trinajstić information content (AvgIpc) is 2.48. The third kappa shape index (κ3) is 3.78. The molecule has 2 aromatic rings. The van der Waals surface area contributed by atoms with Crippen LogP contribution in [0.2, 0.25) is 0 Å². The van der Waals surface area contributed by atoms with Gasteiger partial charge in [0.05, 0.1) is 5.92 Å². The molecule has 1 atom stereocenters. The lowest BCUT2D eigenvalue weighted by atomic mass is 9.97. The summed E-state index contributed by atoms with van der Waals surface area (Å²) in [4.78, 5) is 22.8. The van der Waals surface area contributed by atoms with Crippen LogP contribution in [0.5, 0.6) is 0 Å². The van der Waals surface area contributed by atoms with E-state index in [9.17, 15) is 9.59 Å². The molecule has 0 saturated heterocycles. The van der Waals surface area contributed by atoms with Gasteiger partial charge in [-0.2, -0.15) is 0 Å². The number of ketones is 1. The molecule has 0 saturated carbocycles. The molecule has 1 N–H and O–H groups in total. The minimum absolute atomic E-state index is 0.0270. The first-order valence-electron chi connectivity index (χ1n) is 6.90. The number of benzene rings is 2. The lowest BCUT2D eigenvalue weighted by Crippen LogP contribution is -2.14. The first kappa shape index (κ1) is 15.0. The highest BCUT2D eigenvalue weighted by molar-refractivity contribution is 5.98. The Labute approximate surface area is 124 Å². The number of carbonyl (C=O) groups is 2. The molecule has 0 heterocycles. The smallest absolute Gasteiger partial charge is 0.306 e. The number of rotatable bonds is 5. The van der Waals surface area contributed by atoms with Gasteiger partial charge in [-0.15, -0.1) is 0 Å². The molecule has 0 spiro atoms. The van der Waals surface area contributed by atoms with Crippen LogP contribution < -0.4 is 0 Å². The summed E-state index contributed by atoms with van der Waals surface area (Å²) < 4.78 is 0. The van der Waals surface area contributed by atoms with Crippen molar-refractivity contribution in [2.75, 3.05) is 0 Å². The Morgan fingerprint density at radius 2 is 1.43 bits per heavy atom. The molecule has 0 amide bonds. The monoisotopic (exact) mass is 282 g/mol. The second kappa shape index (κ2) is 6.35. The molecule has 0 aliphatic carbocycles. The summed E-state index contributed by atoms with van der Waals surface area (Å²) in [5.41, 5.74) is 3.89. The zero-order chi connectivity index (χ0) is 15.4. The molecule has 0 aliphatic rings. The fourth-order valence-electron chi connectivity index (χ4n) is 2.08. The highest BCUT2D eigenvalue weighted by Gasteiger charge is 2.16. The quantitative estimate of drug-likeness (QED) is 0.845. The molecule has 1 unspecified atom stereocenters. The Bertz CT molecular complexity index is 639. The summed E-state index contributed by atoms with van der Waals surface area (Å²) in [5, 5.41) is 8.84. The van der Waals surface area contributed by atoms with Gasteiger partial charge in [0, 0.05) is 12.0 Å². The second-order valence-corrected chi connectivity index (χ2v) is 5.31. The van der Waals surface area contributed by atoms with Crippen molar-refractivity contribution in [1.29, 1.82) is 0 Å². The van der Waals surface area contributed by atoms with Crippen molar-refractivity contribution >= 4 is 11.8 Å². The molecule has 0 aromatic heterocycles. The number of aliphatic carboxylic acids is 1. The van der Waals surface area contributed by atoms with Crippen molar-refractivity contribution in [2.45, 2.75) is 20.3 Å². The maximum Gasteiger partial charge on any atom is 0.306 e. The van der Waals surface area contributed by atoms with E-state index in [0.717, 1.165) is 11.1 Å². The predicted molar refractivity (Wildman–Crippen MR) is 82.4 cm³/mol. The summed E-state index contributed by atoms with van der Waals surface area (Å²) in [6.07, 6.45) is 0.0270. The number of carboxylic acids is 1. The van der Waals surface area contributed by atoms with Gasteiger partial charge in [-0.3, -0.25) is 9.59 Å². The molecular formula is C18H18O3. The van der Waals surface area contributed by atoms with E-state index in [-0.39, 0.29) is 12.2 Å². The fourth-order valence-corrected chi connectivity index (χ4v) is 2.08. The summed E-state index contributed by atoms with van der Waals surface area (Å²) in [6, 6.07) is 15.5. The number of hydrogen-bond acceptors (Lipinski definition) is 2. The van der Waals surface area contributed by atoms with Crippen LogP contribution in [0, 0.1) is 12.8 Å². The molecule has 0 aliphatic heterocycles. The predicted octanol–water partition coefficient (Wildman–Crippen LogP) is 3.96. The molecule has 108 valence electrons. The fraction of sp³-hybridized carbons (Fsp3) is 0.222. The number of carboxylic acid groups (broad SMARTS) is 1. The third-order valence-corrected chi connectivity index (χ3v) is 3.50. The van der Waals surface area contributed by atoms with Crippen LogP contribution in [-0.4, -0.2) is 16.9 Å². The molecule has 21 heavy (non-hydrogen) atoms. The van der Waals surface area contributed by atoms with Crippen molar-refractivity contribution in [1.82, 2.24) is 0 Å². The molecular weight excluding hydrogens is 264 g/mol. The zero-order valence-electron chi connectivity index (χ0n) is 12.2. The Morgan fingerprint density at radius 1 is 0.952 bits per heavy atom. The largest absolute Gasteiger partial charge is 0.481 e. The van der Waals surface area contributed by atoms with E-state index in [0.29, 0.717) is 5.56 Å². The standard InChI is InChI=1S/C18H18O3/c1-12-3-5-14(6-4-12)15-7-9-16(10-8-15)17(19)11-13(2)18(20)21/h3-10,13H,11H2,1-2H3,(H,20,21). The number of hydrogen-bond donors (Lipinski definition) is 1. The van der Waals surface area contributed by atoms with Gasteiger partial charge in [-0.05, 0) is 18.1 Å². The minimum Gasteiger partial charge on any atom is -0.481 e. The van der Waals surface area contributed by atoms with E-state index in [4.69, 9.17) is 5.11 Å². The van der Waals surface area contributed by atoms with Crippen LogP contribution in [0.25, 0.3) is 11.1 Å². The molecule has 3 heteroatoms. The van der Waals surface area contributed by atoms with Gasteiger partial charge < -0.3 is 5.11 Å².